The molecule has 0 aromatic rings. The number of unbranched alkanes of at least 4 members (excludes halogenated alkanes) is 13. The van der Waals surface area contributed by atoms with Crippen LogP contribution in [0.1, 0.15) is 118 Å². The molecule has 0 aromatic heterocycles. The first-order chi connectivity index (χ1) is 14.5. The highest BCUT2D eigenvalue weighted by Gasteiger charge is 2.20. The molecule has 0 aliphatic heterocycles. The van der Waals surface area contributed by atoms with Gasteiger partial charge in [0.2, 0.25) is 0 Å². The third kappa shape index (κ3) is 25.8. The maximum absolute atomic E-state index is 10.3. The zero-order valence-electron chi connectivity index (χ0n) is 20.2. The largest absolute Gasteiger partial charge is 0.397 e. The van der Waals surface area contributed by atoms with Crippen LogP contribution in [0.2, 0.25) is 0 Å². The summed E-state index contributed by atoms with van der Waals surface area (Å²) >= 11 is 0. The molecule has 9 heteroatoms. The van der Waals surface area contributed by atoms with Crippen molar-refractivity contribution < 1.29 is 32.5 Å². The third-order valence-electron chi connectivity index (χ3n) is 5.02. The minimum Gasteiger partial charge on any atom is -0.379 e. The van der Waals surface area contributed by atoms with Crippen LogP contribution in [0.25, 0.3) is 0 Å². The average molecular weight is 472 g/mol. The highest BCUT2D eigenvalue weighted by molar-refractivity contribution is 7.80. The molecule has 8 nitrogen and oxygen atoms in total. The van der Waals surface area contributed by atoms with Crippen molar-refractivity contribution in [3.05, 3.63) is 0 Å². The standard InChI is InChI=1S/C16H34O4S.C6H15NO3/c1-2-3-4-5-6-7-8-9-10-11-12-13-14-15-16-20-21(17,18)19;1-4(8)7(5(2)9)6(3)10/h2-16H2,1H3,(H,17,18,19);4-6,8-10H,1-3H3. The van der Waals surface area contributed by atoms with E-state index in [1.165, 1.54) is 96.3 Å². The van der Waals surface area contributed by atoms with Crippen LogP contribution in [0.4, 0.5) is 0 Å². The van der Waals surface area contributed by atoms with E-state index in [0.717, 1.165) is 12.8 Å². The number of aliphatic hydroxyl groups excluding tert-OH is 3. The van der Waals surface area contributed by atoms with Crippen molar-refractivity contribution in [3.63, 3.8) is 0 Å². The van der Waals surface area contributed by atoms with E-state index in [2.05, 4.69) is 11.1 Å². The summed E-state index contributed by atoms with van der Waals surface area (Å²) in [5.41, 5.74) is 0. The predicted molar refractivity (Wildman–Crippen MR) is 125 cm³/mol. The van der Waals surface area contributed by atoms with E-state index in [0.29, 0.717) is 6.42 Å². The smallest absolute Gasteiger partial charge is 0.379 e. The first-order valence-electron chi connectivity index (χ1n) is 12.0. The molecule has 0 fully saturated rings. The van der Waals surface area contributed by atoms with Crippen LogP contribution in [0.5, 0.6) is 0 Å². The van der Waals surface area contributed by atoms with Gasteiger partial charge in [-0.1, -0.05) is 90.4 Å². The highest BCUT2D eigenvalue weighted by atomic mass is 32.3. The molecule has 4 N–H and O–H groups in total. The van der Waals surface area contributed by atoms with Crippen molar-refractivity contribution in [1.82, 2.24) is 4.90 Å². The van der Waals surface area contributed by atoms with Gasteiger partial charge in [-0.15, -0.1) is 0 Å². The molecule has 0 spiro atoms. The SMILES string of the molecule is CC(O)N(C(C)O)C(C)O.CCCCCCCCCCCCCCCCOS(=O)(=O)O. The van der Waals surface area contributed by atoms with Gasteiger partial charge in [-0.25, -0.2) is 9.08 Å². The number of hydrogen-bond donors (Lipinski definition) is 4. The van der Waals surface area contributed by atoms with Gasteiger partial charge in [-0.05, 0) is 27.2 Å². The number of nitrogens with zero attached hydrogens (tertiary/aromatic N) is 1. The average Bonchev–Trinajstić information content (AvgIpc) is 2.63. The van der Waals surface area contributed by atoms with E-state index in [-0.39, 0.29) is 6.61 Å². The first-order valence-corrected chi connectivity index (χ1v) is 13.3. The molecule has 0 amide bonds. The van der Waals surface area contributed by atoms with E-state index in [9.17, 15) is 8.42 Å². The van der Waals surface area contributed by atoms with Crippen molar-refractivity contribution in [2.24, 2.45) is 0 Å². The first kappa shape index (κ1) is 32.9. The Labute approximate surface area is 191 Å². The van der Waals surface area contributed by atoms with Crippen molar-refractivity contribution in [1.29, 1.82) is 0 Å². The van der Waals surface area contributed by atoms with Crippen LogP contribution in [0.15, 0.2) is 0 Å². The zero-order valence-corrected chi connectivity index (χ0v) is 21.0. The van der Waals surface area contributed by atoms with E-state index in [1.54, 1.807) is 0 Å². The maximum Gasteiger partial charge on any atom is 0.397 e. The van der Waals surface area contributed by atoms with Gasteiger partial charge in [-0.3, -0.25) is 4.55 Å². The minimum absolute atomic E-state index is 0.0941. The number of hydrogen-bond acceptors (Lipinski definition) is 7. The lowest BCUT2D eigenvalue weighted by atomic mass is 10.0. The normalized spacial score (nSPS) is 14.7. The molecule has 0 aromatic carbocycles. The van der Waals surface area contributed by atoms with Crippen molar-refractivity contribution >= 4 is 10.4 Å². The fraction of sp³-hybridized carbons (Fsp3) is 1.00. The summed E-state index contributed by atoms with van der Waals surface area (Å²) in [6.45, 7) is 6.80. The molecule has 3 atom stereocenters. The van der Waals surface area contributed by atoms with Gasteiger partial charge in [-0.2, -0.15) is 8.42 Å². The molecule has 190 valence electrons. The Kier molecular flexibility index (Phi) is 22.9. The summed E-state index contributed by atoms with van der Waals surface area (Å²) in [5.74, 6) is 0. The Bertz CT molecular complexity index is 451. The molecule has 0 aliphatic carbocycles. The summed E-state index contributed by atoms with van der Waals surface area (Å²) in [6, 6.07) is 0. The second-order valence-electron chi connectivity index (χ2n) is 8.19. The predicted octanol–water partition coefficient (Wildman–Crippen LogP) is 4.59. The lowest BCUT2D eigenvalue weighted by molar-refractivity contribution is -0.159. The van der Waals surface area contributed by atoms with Gasteiger partial charge < -0.3 is 15.3 Å². The Hall–Kier alpha value is -0.290. The Morgan fingerprint density at radius 3 is 1.16 bits per heavy atom. The van der Waals surface area contributed by atoms with Crippen molar-refractivity contribution in [3.8, 4) is 0 Å². The summed E-state index contributed by atoms with van der Waals surface area (Å²) in [4.78, 5) is 1.17. The van der Waals surface area contributed by atoms with Crippen LogP contribution >= 0.6 is 0 Å². The van der Waals surface area contributed by atoms with Gasteiger partial charge in [0.05, 0.1) is 6.61 Å². The molecule has 0 bridgehead atoms. The van der Waals surface area contributed by atoms with Crippen LogP contribution in [-0.2, 0) is 14.6 Å². The molecule has 0 saturated heterocycles. The highest BCUT2D eigenvalue weighted by Crippen LogP contribution is 2.13. The maximum atomic E-state index is 10.3. The number of rotatable bonds is 19. The fourth-order valence-corrected chi connectivity index (χ4v) is 3.73. The Morgan fingerprint density at radius 2 is 0.935 bits per heavy atom. The molecule has 0 aliphatic rings. The second kappa shape index (κ2) is 21.6. The van der Waals surface area contributed by atoms with Gasteiger partial charge in [0.25, 0.3) is 0 Å². The lowest BCUT2D eigenvalue weighted by Crippen LogP contribution is -2.45. The monoisotopic (exact) mass is 471 g/mol. The van der Waals surface area contributed by atoms with E-state index in [1.807, 2.05) is 0 Å². The van der Waals surface area contributed by atoms with E-state index in [4.69, 9.17) is 19.9 Å². The Balaban J connectivity index is 0. The minimum atomic E-state index is -4.24. The molecule has 31 heavy (non-hydrogen) atoms. The number of aliphatic hydroxyl groups is 3. The van der Waals surface area contributed by atoms with Crippen LogP contribution in [0.3, 0.4) is 0 Å². The van der Waals surface area contributed by atoms with Gasteiger partial charge in [0.1, 0.15) is 18.7 Å². The third-order valence-corrected chi connectivity index (χ3v) is 5.49. The van der Waals surface area contributed by atoms with Gasteiger partial charge >= 0.3 is 10.4 Å². The second-order valence-corrected chi connectivity index (χ2v) is 9.28. The summed E-state index contributed by atoms with van der Waals surface area (Å²) in [6.07, 6.45) is 15.1. The quantitative estimate of drug-likeness (QED) is 0.122. The topological polar surface area (TPSA) is 128 Å². The van der Waals surface area contributed by atoms with E-state index < -0.39 is 29.1 Å². The molecule has 0 heterocycles. The van der Waals surface area contributed by atoms with Crippen LogP contribution in [0, 0.1) is 0 Å². The van der Waals surface area contributed by atoms with Crippen LogP contribution < -0.4 is 0 Å². The van der Waals surface area contributed by atoms with E-state index >= 15 is 0 Å². The fourth-order valence-electron chi connectivity index (χ4n) is 3.40. The van der Waals surface area contributed by atoms with Gasteiger partial charge in [0, 0.05) is 0 Å². The summed E-state index contributed by atoms with van der Waals surface area (Å²) < 4.78 is 33.2. The van der Waals surface area contributed by atoms with Crippen molar-refractivity contribution in [2.45, 2.75) is 136 Å². The Morgan fingerprint density at radius 1 is 0.645 bits per heavy atom. The molecule has 0 saturated carbocycles. The summed E-state index contributed by atoms with van der Waals surface area (Å²) in [7, 11) is -4.24. The van der Waals surface area contributed by atoms with Crippen molar-refractivity contribution in [2.75, 3.05) is 6.61 Å². The zero-order chi connectivity index (χ0) is 24.1. The molecule has 0 rings (SSSR count). The van der Waals surface area contributed by atoms with Gasteiger partial charge in [0.15, 0.2) is 0 Å². The molecule has 3 unspecified atom stereocenters. The van der Waals surface area contributed by atoms with Crippen LogP contribution in [-0.4, -0.2) is 58.5 Å². The molecular weight excluding hydrogens is 422 g/mol. The molecular formula is C22H49NO7S. The lowest BCUT2D eigenvalue weighted by Gasteiger charge is -2.30. The molecule has 0 radical (unpaired) electrons. The summed E-state index contributed by atoms with van der Waals surface area (Å²) in [5, 5.41) is 26.9.